The van der Waals surface area contributed by atoms with Gasteiger partial charge in [0.25, 0.3) is 0 Å². The molecular formula is C16H21N3O3. The zero-order valence-electron chi connectivity index (χ0n) is 13.0. The van der Waals surface area contributed by atoms with Crippen LogP contribution in [0.4, 0.5) is 0 Å². The molecule has 1 heterocycles. The Kier molecular flexibility index (Phi) is 5.52. The number of carboxylic acids is 1. The molecule has 2 aromatic rings. The fourth-order valence-electron chi connectivity index (χ4n) is 2.17. The highest BCUT2D eigenvalue weighted by Crippen LogP contribution is 2.13. The predicted octanol–water partition coefficient (Wildman–Crippen LogP) is 2.38. The lowest BCUT2D eigenvalue weighted by molar-refractivity contribution is -0.136. The third-order valence-electron chi connectivity index (χ3n) is 3.43. The van der Waals surface area contributed by atoms with Gasteiger partial charge < -0.3 is 9.84 Å². The molecule has 0 aliphatic carbocycles. The molecule has 6 nitrogen and oxygen atoms in total. The van der Waals surface area contributed by atoms with Crippen molar-refractivity contribution < 1.29 is 14.6 Å². The molecule has 6 heteroatoms. The monoisotopic (exact) mass is 303 g/mol. The van der Waals surface area contributed by atoms with Crippen LogP contribution in [0.25, 0.3) is 0 Å². The summed E-state index contributed by atoms with van der Waals surface area (Å²) in [7, 11) is 0. The Bertz CT molecular complexity index is 637. The van der Waals surface area contributed by atoms with Crippen LogP contribution in [0, 0.1) is 13.8 Å². The lowest BCUT2D eigenvalue weighted by Crippen LogP contribution is -2.08. The summed E-state index contributed by atoms with van der Waals surface area (Å²) < 4.78 is 7.50. The summed E-state index contributed by atoms with van der Waals surface area (Å²) in [6, 6.07) is 7.95. The van der Waals surface area contributed by atoms with Crippen LogP contribution in [0.2, 0.25) is 0 Å². The zero-order valence-corrected chi connectivity index (χ0v) is 13.0. The van der Waals surface area contributed by atoms with Crippen LogP contribution < -0.4 is 4.74 Å². The van der Waals surface area contributed by atoms with Gasteiger partial charge in [-0.25, -0.2) is 4.68 Å². The van der Waals surface area contributed by atoms with Gasteiger partial charge in [-0.2, -0.15) is 0 Å². The minimum Gasteiger partial charge on any atom is -0.494 e. The Morgan fingerprint density at radius 2 is 2.18 bits per heavy atom. The average molecular weight is 303 g/mol. The highest BCUT2D eigenvalue weighted by Gasteiger charge is 2.09. The molecule has 22 heavy (non-hydrogen) atoms. The van der Waals surface area contributed by atoms with Gasteiger partial charge in [-0.15, -0.1) is 5.10 Å². The first kappa shape index (κ1) is 16.0. The number of aliphatic carboxylic acids is 1. The molecule has 0 atom stereocenters. The topological polar surface area (TPSA) is 77.2 Å². The lowest BCUT2D eigenvalue weighted by Gasteiger charge is -2.07. The van der Waals surface area contributed by atoms with Gasteiger partial charge >= 0.3 is 5.97 Å². The molecule has 0 amide bonds. The zero-order chi connectivity index (χ0) is 15.9. The van der Waals surface area contributed by atoms with Crippen LogP contribution in [0.15, 0.2) is 24.3 Å². The van der Waals surface area contributed by atoms with Crippen molar-refractivity contribution >= 4 is 5.97 Å². The molecule has 0 bridgehead atoms. The summed E-state index contributed by atoms with van der Waals surface area (Å²) >= 11 is 0. The van der Waals surface area contributed by atoms with Gasteiger partial charge in [-0.05, 0) is 31.5 Å². The molecule has 0 aliphatic rings. The van der Waals surface area contributed by atoms with Crippen LogP contribution in [-0.2, 0) is 17.8 Å². The molecular weight excluding hydrogens is 282 g/mol. The van der Waals surface area contributed by atoms with Crippen molar-refractivity contribution in [3.05, 3.63) is 41.2 Å². The van der Waals surface area contributed by atoms with Crippen molar-refractivity contribution in [2.75, 3.05) is 6.61 Å². The van der Waals surface area contributed by atoms with Crippen LogP contribution in [0.1, 0.15) is 29.8 Å². The van der Waals surface area contributed by atoms with E-state index in [1.54, 1.807) is 4.68 Å². The summed E-state index contributed by atoms with van der Waals surface area (Å²) in [4.78, 5) is 10.6. The van der Waals surface area contributed by atoms with Gasteiger partial charge in [0.1, 0.15) is 5.75 Å². The second-order valence-corrected chi connectivity index (χ2v) is 5.26. The maximum absolute atomic E-state index is 10.6. The summed E-state index contributed by atoms with van der Waals surface area (Å²) in [5, 5.41) is 16.8. The van der Waals surface area contributed by atoms with Crippen molar-refractivity contribution in [2.45, 2.75) is 39.7 Å². The smallest absolute Gasteiger partial charge is 0.303 e. The van der Waals surface area contributed by atoms with Crippen molar-refractivity contribution in [1.29, 1.82) is 0 Å². The molecule has 0 saturated heterocycles. The van der Waals surface area contributed by atoms with Crippen LogP contribution in [-0.4, -0.2) is 32.7 Å². The molecule has 118 valence electrons. The largest absolute Gasteiger partial charge is 0.494 e. The van der Waals surface area contributed by atoms with Gasteiger partial charge in [-0.1, -0.05) is 17.3 Å². The fraction of sp³-hybridized carbons (Fsp3) is 0.438. The second kappa shape index (κ2) is 7.59. The van der Waals surface area contributed by atoms with Gasteiger partial charge in [-0.3, -0.25) is 4.79 Å². The van der Waals surface area contributed by atoms with Gasteiger partial charge in [0.15, 0.2) is 0 Å². The number of rotatable bonds is 8. The van der Waals surface area contributed by atoms with Gasteiger partial charge in [0.2, 0.25) is 0 Å². The van der Waals surface area contributed by atoms with Crippen molar-refractivity contribution in [3.63, 3.8) is 0 Å². The normalized spacial score (nSPS) is 10.6. The third-order valence-corrected chi connectivity index (χ3v) is 3.43. The maximum atomic E-state index is 10.6. The molecule has 1 N–H and O–H groups in total. The quantitative estimate of drug-likeness (QED) is 0.758. The number of benzene rings is 1. The molecule has 0 aliphatic heterocycles. The van der Waals surface area contributed by atoms with E-state index in [0.29, 0.717) is 19.6 Å². The second-order valence-electron chi connectivity index (χ2n) is 5.26. The Balaban J connectivity index is 1.78. The number of hydrogen-bond acceptors (Lipinski definition) is 4. The highest BCUT2D eigenvalue weighted by atomic mass is 16.5. The Hall–Kier alpha value is -2.37. The van der Waals surface area contributed by atoms with E-state index in [9.17, 15) is 4.79 Å². The van der Waals surface area contributed by atoms with Crippen LogP contribution >= 0.6 is 0 Å². The van der Waals surface area contributed by atoms with E-state index in [-0.39, 0.29) is 6.42 Å². The number of aryl methyl sites for hydroxylation is 3. The third kappa shape index (κ3) is 4.58. The Labute approximate surface area is 129 Å². The van der Waals surface area contributed by atoms with E-state index in [1.165, 1.54) is 5.56 Å². The molecule has 0 radical (unpaired) electrons. The van der Waals surface area contributed by atoms with Crippen LogP contribution in [0.5, 0.6) is 5.75 Å². The minimum absolute atomic E-state index is 0.0794. The molecule has 2 rings (SSSR count). The number of carbonyl (C=O) groups is 1. The Morgan fingerprint density at radius 1 is 1.36 bits per heavy atom. The van der Waals surface area contributed by atoms with Gasteiger partial charge in [0.05, 0.1) is 24.4 Å². The molecule has 0 unspecified atom stereocenters. The van der Waals surface area contributed by atoms with Crippen molar-refractivity contribution in [1.82, 2.24) is 15.0 Å². The number of hydrogen-bond donors (Lipinski definition) is 1. The number of nitrogens with zero attached hydrogens (tertiary/aromatic N) is 3. The number of carboxylic acid groups (broad SMARTS) is 1. The van der Waals surface area contributed by atoms with E-state index in [0.717, 1.165) is 23.6 Å². The number of aromatic nitrogens is 3. The first-order valence-corrected chi connectivity index (χ1v) is 7.36. The summed E-state index contributed by atoms with van der Waals surface area (Å²) in [5.74, 6) is 0.0537. The fourth-order valence-corrected chi connectivity index (χ4v) is 2.17. The highest BCUT2D eigenvalue weighted by molar-refractivity contribution is 5.67. The van der Waals surface area contributed by atoms with E-state index in [1.807, 2.05) is 38.1 Å². The minimum atomic E-state index is -0.819. The van der Waals surface area contributed by atoms with Crippen LogP contribution in [0.3, 0.4) is 0 Å². The summed E-state index contributed by atoms with van der Waals surface area (Å²) in [6.45, 7) is 5.26. The lowest BCUT2D eigenvalue weighted by atomic mass is 10.2. The average Bonchev–Trinajstić information content (AvgIpc) is 2.82. The molecule has 1 aromatic carbocycles. The van der Waals surface area contributed by atoms with Crippen molar-refractivity contribution in [3.8, 4) is 5.75 Å². The molecule has 0 fully saturated rings. The van der Waals surface area contributed by atoms with E-state index in [2.05, 4.69) is 10.3 Å². The first-order valence-electron chi connectivity index (χ1n) is 7.36. The molecule has 0 saturated carbocycles. The van der Waals surface area contributed by atoms with E-state index >= 15 is 0 Å². The standard InChI is InChI=1S/C16H21N3O3/c1-12-5-3-6-14(11-12)22-10-4-9-19-13(2)15(17-18-19)7-8-16(20)21/h3,5-6,11H,4,7-10H2,1-2H3,(H,20,21). The summed E-state index contributed by atoms with van der Waals surface area (Å²) in [5.41, 5.74) is 2.85. The SMILES string of the molecule is Cc1cccc(OCCCn2nnc(CCC(=O)O)c2C)c1. The number of ether oxygens (including phenoxy) is 1. The van der Waals surface area contributed by atoms with Crippen molar-refractivity contribution in [2.24, 2.45) is 0 Å². The van der Waals surface area contributed by atoms with E-state index in [4.69, 9.17) is 9.84 Å². The maximum Gasteiger partial charge on any atom is 0.303 e. The summed E-state index contributed by atoms with van der Waals surface area (Å²) in [6.07, 6.45) is 1.31. The molecule has 1 aromatic heterocycles. The first-order chi connectivity index (χ1) is 10.6. The predicted molar refractivity (Wildman–Crippen MR) is 82.0 cm³/mol. The van der Waals surface area contributed by atoms with E-state index < -0.39 is 5.97 Å². The Morgan fingerprint density at radius 3 is 2.91 bits per heavy atom. The molecule has 0 spiro atoms. The van der Waals surface area contributed by atoms with Gasteiger partial charge in [0, 0.05) is 19.4 Å².